The lowest BCUT2D eigenvalue weighted by Crippen LogP contribution is -2.30. The summed E-state index contributed by atoms with van der Waals surface area (Å²) in [5.74, 6) is -0.959. The molecular formula is C57H92O6. The van der Waals surface area contributed by atoms with Gasteiger partial charge in [-0.25, -0.2) is 0 Å². The molecule has 1 atom stereocenters. The summed E-state index contributed by atoms with van der Waals surface area (Å²) in [6.45, 7) is 6.28. The molecule has 0 heterocycles. The van der Waals surface area contributed by atoms with Gasteiger partial charge in [0.05, 0.1) is 0 Å². The molecule has 0 aromatic rings. The Bertz CT molecular complexity index is 1330. The van der Waals surface area contributed by atoms with E-state index in [2.05, 4.69) is 106 Å². The van der Waals surface area contributed by atoms with Crippen LogP contribution in [-0.2, 0) is 28.6 Å². The molecule has 0 aliphatic heterocycles. The first-order chi connectivity index (χ1) is 31.0. The number of hydrogen-bond acceptors (Lipinski definition) is 6. The summed E-state index contributed by atoms with van der Waals surface area (Å²) in [7, 11) is 0. The minimum Gasteiger partial charge on any atom is -0.462 e. The van der Waals surface area contributed by atoms with Crippen molar-refractivity contribution in [2.75, 3.05) is 13.2 Å². The summed E-state index contributed by atoms with van der Waals surface area (Å²) >= 11 is 0. The van der Waals surface area contributed by atoms with Gasteiger partial charge in [0, 0.05) is 19.3 Å². The van der Waals surface area contributed by atoms with Crippen molar-refractivity contribution < 1.29 is 28.6 Å². The van der Waals surface area contributed by atoms with E-state index >= 15 is 0 Å². The van der Waals surface area contributed by atoms with E-state index in [1.165, 1.54) is 51.4 Å². The molecule has 1 unspecified atom stereocenters. The molecule has 0 saturated heterocycles. The molecule has 0 aromatic carbocycles. The second-order valence-electron chi connectivity index (χ2n) is 16.5. The SMILES string of the molecule is CC\C=C/C=C\C=C/C=C\CCCCCCCC(=O)OC(COC(=O)CCCCCCC\C=C/C=C\C=C/CC)COC(=O)CCCCCCCCC/C=C\C/C=C\CCCCC. The Hall–Kier alpha value is -3.93. The van der Waals surface area contributed by atoms with Crippen LogP contribution >= 0.6 is 0 Å². The molecule has 0 amide bonds. The Labute approximate surface area is 387 Å². The Morgan fingerprint density at radius 3 is 1.10 bits per heavy atom. The van der Waals surface area contributed by atoms with Crippen LogP contribution in [0.5, 0.6) is 0 Å². The predicted octanol–water partition coefficient (Wildman–Crippen LogP) is 16.8. The number of rotatable bonds is 44. The summed E-state index contributed by atoms with van der Waals surface area (Å²) in [5.41, 5.74) is 0. The van der Waals surface area contributed by atoms with E-state index in [1.54, 1.807) is 0 Å². The van der Waals surface area contributed by atoms with Crippen LogP contribution in [0.4, 0.5) is 0 Å². The molecule has 0 aliphatic rings. The van der Waals surface area contributed by atoms with Crippen molar-refractivity contribution in [1.82, 2.24) is 0 Å². The number of ether oxygens (including phenoxy) is 3. The van der Waals surface area contributed by atoms with Crippen LogP contribution in [0.1, 0.15) is 213 Å². The molecule has 63 heavy (non-hydrogen) atoms. The summed E-state index contributed by atoms with van der Waals surface area (Å²) in [6, 6.07) is 0. The smallest absolute Gasteiger partial charge is 0.306 e. The average molecular weight is 873 g/mol. The fourth-order valence-electron chi connectivity index (χ4n) is 6.60. The Balaban J connectivity index is 4.48. The zero-order valence-corrected chi connectivity index (χ0v) is 40.5. The standard InChI is InChI=1S/C57H92O6/c1-4-7-10-13-16-19-22-25-27-28-30-32-35-38-41-44-47-50-56(59)62-53-54(52-61-55(58)49-46-43-40-37-34-31-24-21-18-15-12-9-6-3)63-57(60)51-48-45-42-39-36-33-29-26-23-20-17-14-11-8-5-2/h8-9,11-12,14-21,23-27,29,54H,4-7,10,13,22,28,30-53H2,1-3H3/b11-8-,12-9-,17-14-,18-15-,19-16-,23-20-,24-21-,27-25-,29-26-. The zero-order chi connectivity index (χ0) is 45.8. The van der Waals surface area contributed by atoms with Crippen LogP contribution in [0.25, 0.3) is 0 Å². The van der Waals surface area contributed by atoms with Crippen molar-refractivity contribution in [2.24, 2.45) is 0 Å². The lowest BCUT2D eigenvalue weighted by molar-refractivity contribution is -0.167. The number of allylic oxidation sites excluding steroid dienone is 18. The van der Waals surface area contributed by atoms with Gasteiger partial charge < -0.3 is 14.2 Å². The first-order valence-corrected chi connectivity index (χ1v) is 25.5. The van der Waals surface area contributed by atoms with Crippen molar-refractivity contribution in [2.45, 2.75) is 219 Å². The van der Waals surface area contributed by atoms with E-state index < -0.39 is 6.10 Å². The molecule has 0 saturated carbocycles. The highest BCUT2D eigenvalue weighted by molar-refractivity contribution is 5.71. The van der Waals surface area contributed by atoms with Gasteiger partial charge in [-0.15, -0.1) is 0 Å². The highest BCUT2D eigenvalue weighted by Gasteiger charge is 2.19. The Morgan fingerprint density at radius 1 is 0.349 bits per heavy atom. The lowest BCUT2D eigenvalue weighted by atomic mass is 10.1. The summed E-state index contributed by atoms with van der Waals surface area (Å²) in [5, 5.41) is 0. The summed E-state index contributed by atoms with van der Waals surface area (Å²) < 4.78 is 16.8. The van der Waals surface area contributed by atoms with E-state index in [9.17, 15) is 14.4 Å². The Kier molecular flexibility index (Phi) is 47.5. The van der Waals surface area contributed by atoms with Crippen LogP contribution in [0, 0.1) is 0 Å². The molecular weight excluding hydrogens is 781 g/mol. The highest BCUT2D eigenvalue weighted by Crippen LogP contribution is 2.13. The van der Waals surface area contributed by atoms with Crippen molar-refractivity contribution in [3.63, 3.8) is 0 Å². The maximum absolute atomic E-state index is 12.8. The van der Waals surface area contributed by atoms with Crippen molar-refractivity contribution in [3.05, 3.63) is 109 Å². The topological polar surface area (TPSA) is 78.9 Å². The average Bonchev–Trinajstić information content (AvgIpc) is 3.28. The third kappa shape index (κ3) is 49.0. The summed E-state index contributed by atoms with van der Waals surface area (Å²) in [4.78, 5) is 38.0. The highest BCUT2D eigenvalue weighted by atomic mass is 16.6. The van der Waals surface area contributed by atoms with E-state index in [0.717, 1.165) is 122 Å². The quantitative estimate of drug-likeness (QED) is 0.0199. The van der Waals surface area contributed by atoms with E-state index in [-0.39, 0.29) is 31.1 Å². The van der Waals surface area contributed by atoms with Crippen LogP contribution < -0.4 is 0 Å². The molecule has 0 aliphatic carbocycles. The van der Waals surface area contributed by atoms with Crippen LogP contribution in [0.15, 0.2) is 109 Å². The van der Waals surface area contributed by atoms with Gasteiger partial charge in [0.25, 0.3) is 0 Å². The first kappa shape index (κ1) is 59.1. The van der Waals surface area contributed by atoms with E-state index in [0.29, 0.717) is 19.3 Å². The lowest BCUT2D eigenvalue weighted by Gasteiger charge is -2.18. The molecule has 6 nitrogen and oxygen atoms in total. The third-order valence-electron chi connectivity index (χ3n) is 10.4. The maximum atomic E-state index is 12.8. The van der Waals surface area contributed by atoms with Crippen LogP contribution in [0.3, 0.4) is 0 Å². The number of unbranched alkanes of at least 4 members (excludes halogenated alkanes) is 20. The minimum absolute atomic E-state index is 0.101. The largest absolute Gasteiger partial charge is 0.462 e. The van der Waals surface area contributed by atoms with Gasteiger partial charge in [-0.3, -0.25) is 14.4 Å². The number of hydrogen-bond donors (Lipinski definition) is 0. The molecule has 0 N–H and O–H groups in total. The molecule has 356 valence electrons. The van der Waals surface area contributed by atoms with Gasteiger partial charge in [-0.05, 0) is 89.9 Å². The second kappa shape index (κ2) is 50.7. The number of carbonyl (C=O) groups is 3. The van der Waals surface area contributed by atoms with Crippen molar-refractivity contribution >= 4 is 17.9 Å². The second-order valence-corrected chi connectivity index (χ2v) is 16.5. The van der Waals surface area contributed by atoms with Gasteiger partial charge in [-0.2, -0.15) is 0 Å². The molecule has 0 bridgehead atoms. The van der Waals surface area contributed by atoms with Crippen LogP contribution in [0.2, 0.25) is 0 Å². The maximum Gasteiger partial charge on any atom is 0.306 e. The van der Waals surface area contributed by atoms with E-state index in [4.69, 9.17) is 14.2 Å². The molecule has 0 aromatic heterocycles. The van der Waals surface area contributed by atoms with Gasteiger partial charge in [-0.1, -0.05) is 214 Å². The monoisotopic (exact) mass is 873 g/mol. The normalized spacial score (nSPS) is 13.0. The number of carbonyl (C=O) groups excluding carboxylic acids is 3. The first-order valence-electron chi connectivity index (χ1n) is 25.5. The molecule has 6 heteroatoms. The molecule has 0 fully saturated rings. The van der Waals surface area contributed by atoms with Gasteiger partial charge in [0.15, 0.2) is 6.10 Å². The Morgan fingerprint density at radius 2 is 0.683 bits per heavy atom. The molecule has 0 spiro atoms. The molecule has 0 rings (SSSR count). The zero-order valence-electron chi connectivity index (χ0n) is 40.5. The van der Waals surface area contributed by atoms with Gasteiger partial charge in [0.1, 0.15) is 13.2 Å². The predicted molar refractivity (Wildman–Crippen MR) is 270 cm³/mol. The molecule has 0 radical (unpaired) electrons. The fraction of sp³-hybridized carbons (Fsp3) is 0.632. The third-order valence-corrected chi connectivity index (χ3v) is 10.4. The van der Waals surface area contributed by atoms with Crippen molar-refractivity contribution in [3.8, 4) is 0 Å². The van der Waals surface area contributed by atoms with Crippen LogP contribution in [-0.4, -0.2) is 37.2 Å². The summed E-state index contributed by atoms with van der Waals surface area (Å²) in [6.07, 6.45) is 67.8. The number of esters is 3. The minimum atomic E-state index is -0.804. The van der Waals surface area contributed by atoms with E-state index in [1.807, 2.05) is 24.3 Å². The van der Waals surface area contributed by atoms with Gasteiger partial charge >= 0.3 is 17.9 Å². The fourth-order valence-corrected chi connectivity index (χ4v) is 6.60. The van der Waals surface area contributed by atoms with Gasteiger partial charge in [0.2, 0.25) is 0 Å². The van der Waals surface area contributed by atoms with Crippen molar-refractivity contribution in [1.29, 1.82) is 0 Å².